The number of hydrogen-bond acceptors (Lipinski definition) is 3. The molecule has 3 nitrogen and oxygen atoms in total. The monoisotopic (exact) mass is 226 g/mol. The summed E-state index contributed by atoms with van der Waals surface area (Å²) in [6.07, 6.45) is 5.85. The number of nitrogens with zero attached hydrogens (tertiary/aromatic N) is 1. The number of carbonyl (C=O) groups excluding carboxylic acids is 1. The Morgan fingerprint density at radius 3 is 2.69 bits per heavy atom. The summed E-state index contributed by atoms with van der Waals surface area (Å²) >= 11 is 0. The number of hydrogen-bond donors (Lipinski definition) is 1. The molecule has 0 aliphatic rings. The van der Waals surface area contributed by atoms with E-state index in [0.29, 0.717) is 12.3 Å². The highest BCUT2D eigenvalue weighted by Crippen LogP contribution is 2.19. The smallest absolute Gasteiger partial charge is 0.120 e. The molecule has 1 atom stereocenters. The summed E-state index contributed by atoms with van der Waals surface area (Å²) in [6.45, 7) is 6.39. The first-order chi connectivity index (χ1) is 7.65. The van der Waals surface area contributed by atoms with Crippen molar-refractivity contribution in [1.82, 2.24) is 10.2 Å². The fourth-order valence-corrected chi connectivity index (χ4v) is 1.58. The minimum Gasteiger partial charge on any atom is -0.381 e. The normalized spacial score (nSPS) is 13.6. The van der Waals surface area contributed by atoms with Crippen LogP contribution in [0.4, 0.5) is 0 Å². The Bertz CT molecular complexity index is 214. The molecule has 0 amide bonds. The van der Waals surface area contributed by atoms with Crippen molar-refractivity contribution in [3.05, 3.63) is 11.8 Å². The van der Waals surface area contributed by atoms with Crippen LogP contribution in [0, 0.1) is 5.92 Å². The van der Waals surface area contributed by atoms with Gasteiger partial charge in [0.1, 0.15) is 6.29 Å². The molecule has 0 aromatic heterocycles. The summed E-state index contributed by atoms with van der Waals surface area (Å²) in [6, 6.07) is 0. The van der Waals surface area contributed by atoms with Gasteiger partial charge >= 0.3 is 0 Å². The molecule has 3 heteroatoms. The molecule has 0 aromatic carbocycles. The van der Waals surface area contributed by atoms with Crippen LogP contribution in [0.1, 0.15) is 33.1 Å². The zero-order chi connectivity index (χ0) is 12.4. The van der Waals surface area contributed by atoms with Crippen LogP contribution in [0.25, 0.3) is 0 Å². The molecule has 0 radical (unpaired) electrons. The van der Waals surface area contributed by atoms with Crippen molar-refractivity contribution in [3.8, 4) is 0 Å². The van der Waals surface area contributed by atoms with E-state index in [2.05, 4.69) is 37.3 Å². The fraction of sp³-hybridized carbons (Fsp3) is 0.769. The van der Waals surface area contributed by atoms with Crippen molar-refractivity contribution in [2.24, 2.45) is 5.92 Å². The highest BCUT2D eigenvalue weighted by Gasteiger charge is 2.08. The highest BCUT2D eigenvalue weighted by molar-refractivity contribution is 5.49. The van der Waals surface area contributed by atoms with Gasteiger partial charge in [-0.2, -0.15) is 0 Å². The third-order valence-electron chi connectivity index (χ3n) is 2.90. The Morgan fingerprint density at radius 2 is 2.19 bits per heavy atom. The molecule has 0 fully saturated rings. The third-order valence-corrected chi connectivity index (χ3v) is 2.90. The van der Waals surface area contributed by atoms with E-state index in [0.717, 1.165) is 32.2 Å². The summed E-state index contributed by atoms with van der Waals surface area (Å²) in [5.74, 6) is 0.543. The molecule has 0 aliphatic carbocycles. The lowest BCUT2D eigenvalue weighted by molar-refractivity contribution is -0.107. The van der Waals surface area contributed by atoms with Gasteiger partial charge in [-0.05, 0) is 45.5 Å². The van der Waals surface area contributed by atoms with E-state index in [1.54, 1.807) is 0 Å². The largest absolute Gasteiger partial charge is 0.381 e. The lowest BCUT2D eigenvalue weighted by Crippen LogP contribution is -2.16. The van der Waals surface area contributed by atoms with E-state index in [1.165, 1.54) is 5.57 Å². The molecule has 0 spiro atoms. The number of allylic oxidation sites excluding steroid dienone is 1. The average Bonchev–Trinajstić information content (AvgIpc) is 2.30. The van der Waals surface area contributed by atoms with Gasteiger partial charge in [0.05, 0.1) is 0 Å². The fourth-order valence-electron chi connectivity index (χ4n) is 1.58. The second-order valence-electron chi connectivity index (χ2n) is 4.28. The standard InChI is InChI=1S/C13H26N2O/c1-5-15(4)11-13(7-6-10-16)12(2)8-9-14-3/h10-12,14H,5-9H2,1-4H3/b13-11+. The number of rotatable bonds is 9. The molecule has 0 aliphatic heterocycles. The third kappa shape index (κ3) is 6.62. The van der Waals surface area contributed by atoms with E-state index < -0.39 is 0 Å². The van der Waals surface area contributed by atoms with E-state index in [9.17, 15) is 4.79 Å². The molecule has 94 valence electrons. The quantitative estimate of drug-likeness (QED) is 0.611. The van der Waals surface area contributed by atoms with Gasteiger partial charge < -0.3 is 15.0 Å². The van der Waals surface area contributed by atoms with Gasteiger partial charge in [0.2, 0.25) is 0 Å². The van der Waals surface area contributed by atoms with Crippen molar-refractivity contribution in [2.45, 2.75) is 33.1 Å². The van der Waals surface area contributed by atoms with E-state index in [4.69, 9.17) is 0 Å². The van der Waals surface area contributed by atoms with Crippen molar-refractivity contribution in [1.29, 1.82) is 0 Å². The molecule has 0 aromatic rings. The van der Waals surface area contributed by atoms with Crippen molar-refractivity contribution < 1.29 is 4.79 Å². The maximum atomic E-state index is 10.4. The van der Waals surface area contributed by atoms with Gasteiger partial charge in [-0.15, -0.1) is 0 Å². The maximum Gasteiger partial charge on any atom is 0.120 e. The molecular weight excluding hydrogens is 200 g/mol. The van der Waals surface area contributed by atoms with E-state index in [1.807, 2.05) is 7.05 Å². The van der Waals surface area contributed by atoms with Gasteiger partial charge in [-0.25, -0.2) is 0 Å². The first-order valence-electron chi connectivity index (χ1n) is 6.14. The number of nitrogens with one attached hydrogen (secondary N) is 1. The minimum absolute atomic E-state index is 0.543. The summed E-state index contributed by atoms with van der Waals surface area (Å²) in [7, 11) is 4.05. The summed E-state index contributed by atoms with van der Waals surface area (Å²) in [5, 5.41) is 3.17. The molecule has 0 saturated carbocycles. The van der Waals surface area contributed by atoms with E-state index in [-0.39, 0.29) is 0 Å². The molecular formula is C13H26N2O. The molecule has 0 bridgehead atoms. The van der Waals surface area contributed by atoms with Gasteiger partial charge in [0, 0.05) is 20.0 Å². The van der Waals surface area contributed by atoms with Gasteiger partial charge in [0.15, 0.2) is 0 Å². The zero-order valence-corrected chi connectivity index (χ0v) is 11.1. The Morgan fingerprint density at radius 1 is 1.50 bits per heavy atom. The number of aldehydes is 1. The lowest BCUT2D eigenvalue weighted by atomic mass is 9.94. The van der Waals surface area contributed by atoms with Gasteiger partial charge in [-0.1, -0.05) is 12.5 Å². The van der Waals surface area contributed by atoms with Crippen LogP contribution in [0.3, 0.4) is 0 Å². The van der Waals surface area contributed by atoms with Crippen LogP contribution in [-0.2, 0) is 4.79 Å². The Hall–Kier alpha value is -0.830. The molecule has 1 N–H and O–H groups in total. The Balaban J connectivity index is 4.38. The van der Waals surface area contributed by atoms with Crippen LogP contribution in [0.15, 0.2) is 11.8 Å². The average molecular weight is 226 g/mol. The van der Waals surface area contributed by atoms with Crippen molar-refractivity contribution in [3.63, 3.8) is 0 Å². The highest BCUT2D eigenvalue weighted by atomic mass is 16.1. The lowest BCUT2D eigenvalue weighted by Gasteiger charge is -2.19. The first kappa shape index (κ1) is 15.2. The van der Waals surface area contributed by atoms with Crippen molar-refractivity contribution in [2.75, 3.05) is 27.2 Å². The van der Waals surface area contributed by atoms with Crippen LogP contribution in [-0.4, -0.2) is 38.4 Å². The minimum atomic E-state index is 0.543. The van der Waals surface area contributed by atoms with Crippen LogP contribution in [0.5, 0.6) is 0 Å². The first-order valence-corrected chi connectivity index (χ1v) is 6.14. The Labute approximate surface area is 99.9 Å². The molecule has 0 saturated heterocycles. The SMILES string of the molecule is CCN(C)/C=C(\CCC=O)C(C)CCNC. The van der Waals surface area contributed by atoms with Gasteiger partial charge in [-0.3, -0.25) is 0 Å². The van der Waals surface area contributed by atoms with Crippen LogP contribution in [0.2, 0.25) is 0 Å². The zero-order valence-electron chi connectivity index (χ0n) is 11.1. The van der Waals surface area contributed by atoms with Crippen molar-refractivity contribution >= 4 is 6.29 Å². The maximum absolute atomic E-state index is 10.4. The predicted molar refractivity (Wildman–Crippen MR) is 69.4 cm³/mol. The summed E-state index contributed by atoms with van der Waals surface area (Å²) < 4.78 is 0. The number of carbonyl (C=O) groups is 1. The molecule has 0 heterocycles. The van der Waals surface area contributed by atoms with Crippen LogP contribution < -0.4 is 5.32 Å². The van der Waals surface area contributed by atoms with E-state index >= 15 is 0 Å². The van der Waals surface area contributed by atoms with Crippen LogP contribution >= 0.6 is 0 Å². The Kier molecular flexibility index (Phi) is 8.91. The molecule has 16 heavy (non-hydrogen) atoms. The predicted octanol–water partition coefficient (Wildman–Crippen LogP) is 2.05. The summed E-state index contributed by atoms with van der Waals surface area (Å²) in [4.78, 5) is 12.6. The topological polar surface area (TPSA) is 32.3 Å². The molecule has 0 rings (SSSR count). The second-order valence-corrected chi connectivity index (χ2v) is 4.28. The molecule has 1 unspecified atom stereocenters. The second kappa shape index (κ2) is 9.40. The summed E-state index contributed by atoms with van der Waals surface area (Å²) in [5.41, 5.74) is 1.38. The van der Waals surface area contributed by atoms with Gasteiger partial charge in [0.25, 0.3) is 0 Å².